The number of rotatable bonds is 6. The topological polar surface area (TPSA) is 59.7 Å². The van der Waals surface area contributed by atoms with Crippen LogP contribution in [0.1, 0.15) is 49.2 Å². The van der Waals surface area contributed by atoms with Crippen LogP contribution in [0.5, 0.6) is 5.75 Å². The summed E-state index contributed by atoms with van der Waals surface area (Å²) in [4.78, 5) is 18.8. The van der Waals surface area contributed by atoms with Crippen LogP contribution >= 0.6 is 0 Å². The summed E-state index contributed by atoms with van der Waals surface area (Å²) in [5.41, 5.74) is 4.83. The highest BCUT2D eigenvalue weighted by atomic mass is 16.5. The fourth-order valence-corrected chi connectivity index (χ4v) is 5.28. The minimum Gasteiger partial charge on any atom is -0.497 e. The van der Waals surface area contributed by atoms with Crippen LogP contribution in [0.25, 0.3) is 21.8 Å². The Morgan fingerprint density at radius 2 is 1.68 bits per heavy atom. The van der Waals surface area contributed by atoms with Crippen molar-refractivity contribution < 1.29 is 9.53 Å². The summed E-state index contributed by atoms with van der Waals surface area (Å²) in [6.07, 6.45) is 0.637. The average Bonchev–Trinajstić information content (AvgIpc) is 3.56. The minimum absolute atomic E-state index is 0.0633. The van der Waals surface area contributed by atoms with Crippen molar-refractivity contribution >= 4 is 33.4 Å². The predicted molar refractivity (Wildman–Crippen MR) is 152 cm³/mol. The van der Waals surface area contributed by atoms with Crippen LogP contribution in [0.4, 0.5) is 0 Å². The Bertz CT molecular complexity index is 1670. The summed E-state index contributed by atoms with van der Waals surface area (Å²) in [5.74, 6) is 1.81. The van der Waals surface area contributed by atoms with Crippen molar-refractivity contribution in [1.29, 1.82) is 0 Å². The summed E-state index contributed by atoms with van der Waals surface area (Å²) in [6, 6.07) is 30.4. The molecule has 0 aliphatic carbocycles. The number of para-hydroxylation sites is 2. The zero-order valence-electron chi connectivity index (χ0n) is 21.8. The number of hydrazone groups is 1. The molecule has 0 spiro atoms. The minimum atomic E-state index is -0.202. The lowest BCUT2D eigenvalue weighted by Gasteiger charge is -2.23. The van der Waals surface area contributed by atoms with Gasteiger partial charge < -0.3 is 9.30 Å². The van der Waals surface area contributed by atoms with Crippen LogP contribution in [0.2, 0.25) is 0 Å². The van der Waals surface area contributed by atoms with Gasteiger partial charge in [-0.15, -0.1) is 0 Å². The quantitative estimate of drug-likeness (QED) is 0.260. The molecule has 0 saturated heterocycles. The van der Waals surface area contributed by atoms with Gasteiger partial charge in [-0.1, -0.05) is 74.5 Å². The Kier molecular flexibility index (Phi) is 6.16. The first kappa shape index (κ1) is 23.9. The number of aromatic nitrogens is 2. The number of ether oxygens (including phenoxy) is 1. The molecule has 1 amide bonds. The first-order chi connectivity index (χ1) is 18.5. The third kappa shape index (κ3) is 4.32. The zero-order chi connectivity index (χ0) is 26.2. The molecule has 6 heteroatoms. The van der Waals surface area contributed by atoms with Crippen molar-refractivity contribution in [2.24, 2.45) is 5.10 Å². The molecule has 0 fully saturated rings. The molecule has 0 saturated carbocycles. The maximum atomic E-state index is 14.0. The molecule has 0 N–H and O–H groups in total. The highest BCUT2D eigenvalue weighted by Gasteiger charge is 2.34. The number of hydrogen-bond acceptors (Lipinski definition) is 4. The zero-order valence-corrected chi connectivity index (χ0v) is 21.8. The van der Waals surface area contributed by atoms with Crippen molar-refractivity contribution in [1.82, 2.24) is 14.6 Å². The first-order valence-electron chi connectivity index (χ1n) is 13.0. The lowest BCUT2D eigenvalue weighted by molar-refractivity contribution is -0.133. The third-order valence-electron chi connectivity index (χ3n) is 7.24. The fraction of sp³-hybridized carbons (Fsp3) is 0.219. The molecule has 2 heterocycles. The highest BCUT2D eigenvalue weighted by Crippen LogP contribution is 2.35. The van der Waals surface area contributed by atoms with Crippen LogP contribution in [0.15, 0.2) is 96.1 Å². The number of amides is 1. The van der Waals surface area contributed by atoms with Gasteiger partial charge in [0, 0.05) is 12.3 Å². The molecule has 0 bridgehead atoms. The fourth-order valence-electron chi connectivity index (χ4n) is 5.28. The molecule has 190 valence electrons. The smallest absolute Gasteiger partial charge is 0.263 e. The number of benzene rings is 4. The molecule has 1 aromatic heterocycles. The Morgan fingerprint density at radius 1 is 0.947 bits per heavy atom. The molecule has 0 unspecified atom stereocenters. The van der Waals surface area contributed by atoms with Gasteiger partial charge in [-0.05, 0) is 52.2 Å². The molecule has 0 radical (unpaired) electrons. The van der Waals surface area contributed by atoms with Gasteiger partial charge in [-0.25, -0.2) is 9.99 Å². The van der Waals surface area contributed by atoms with E-state index < -0.39 is 0 Å². The second-order valence-corrected chi connectivity index (χ2v) is 10.0. The van der Waals surface area contributed by atoms with Crippen molar-refractivity contribution in [3.05, 3.63) is 108 Å². The summed E-state index contributed by atoms with van der Waals surface area (Å²) in [5, 5.41) is 8.95. The molecule has 5 aromatic rings. The number of imidazole rings is 1. The van der Waals surface area contributed by atoms with Gasteiger partial charge in [0.2, 0.25) is 0 Å². The van der Waals surface area contributed by atoms with E-state index in [1.54, 1.807) is 12.1 Å². The molecule has 1 aliphatic heterocycles. The van der Waals surface area contributed by atoms with E-state index in [1.807, 2.05) is 65.2 Å². The van der Waals surface area contributed by atoms with E-state index >= 15 is 0 Å². The van der Waals surface area contributed by atoms with Crippen LogP contribution in [-0.4, -0.2) is 33.3 Å². The van der Waals surface area contributed by atoms with Crippen molar-refractivity contribution in [3.63, 3.8) is 0 Å². The van der Waals surface area contributed by atoms with Gasteiger partial charge in [0.25, 0.3) is 5.91 Å². The maximum Gasteiger partial charge on any atom is 0.263 e. The normalized spacial score (nSPS) is 15.4. The summed E-state index contributed by atoms with van der Waals surface area (Å²) in [6.45, 7) is 4.39. The average molecular weight is 503 g/mol. The van der Waals surface area contributed by atoms with E-state index in [2.05, 4.69) is 44.2 Å². The standard InChI is InChI=1S/C32H30N4O2/c1-21(2)32-33-27-10-6-7-11-29(27)35(32)20-31(37)36-30(23-14-16-26(38-3)17-15-23)19-28(34-36)25-13-12-22-8-4-5-9-24(22)18-25/h4-18,21,30H,19-20H2,1-3H3/t30-/m0/s1. The monoisotopic (exact) mass is 502 g/mol. The van der Waals surface area contributed by atoms with Gasteiger partial charge in [0.05, 0.1) is 29.9 Å². The Hall–Kier alpha value is -4.45. The molecule has 4 aromatic carbocycles. The Balaban J connectivity index is 1.39. The van der Waals surface area contributed by atoms with E-state index in [1.165, 1.54) is 5.39 Å². The third-order valence-corrected chi connectivity index (χ3v) is 7.24. The van der Waals surface area contributed by atoms with E-state index in [-0.39, 0.29) is 24.4 Å². The van der Waals surface area contributed by atoms with Crippen LogP contribution in [-0.2, 0) is 11.3 Å². The Morgan fingerprint density at radius 3 is 2.45 bits per heavy atom. The number of fused-ring (bicyclic) bond motifs is 2. The van der Waals surface area contributed by atoms with Crippen LogP contribution in [0.3, 0.4) is 0 Å². The van der Waals surface area contributed by atoms with E-state index in [9.17, 15) is 4.79 Å². The van der Waals surface area contributed by atoms with E-state index in [0.29, 0.717) is 6.42 Å². The van der Waals surface area contributed by atoms with Crippen LogP contribution < -0.4 is 4.74 Å². The number of carbonyl (C=O) groups is 1. The van der Waals surface area contributed by atoms with E-state index in [4.69, 9.17) is 14.8 Å². The van der Waals surface area contributed by atoms with Gasteiger partial charge in [-0.3, -0.25) is 4.79 Å². The second kappa shape index (κ2) is 9.78. The molecule has 6 nitrogen and oxygen atoms in total. The van der Waals surface area contributed by atoms with Gasteiger partial charge in [0.1, 0.15) is 18.1 Å². The van der Waals surface area contributed by atoms with Gasteiger partial charge >= 0.3 is 0 Å². The highest BCUT2D eigenvalue weighted by molar-refractivity contribution is 6.05. The molecule has 1 atom stereocenters. The van der Waals surface area contributed by atoms with Gasteiger partial charge in [-0.2, -0.15) is 5.10 Å². The molecular formula is C32H30N4O2. The van der Waals surface area contributed by atoms with Gasteiger partial charge in [0.15, 0.2) is 0 Å². The molecule has 6 rings (SSSR count). The maximum absolute atomic E-state index is 14.0. The number of carbonyl (C=O) groups excluding carboxylic acids is 1. The number of hydrogen-bond donors (Lipinski definition) is 0. The largest absolute Gasteiger partial charge is 0.497 e. The molecule has 38 heavy (non-hydrogen) atoms. The van der Waals surface area contributed by atoms with Crippen molar-refractivity contribution in [2.45, 2.75) is 38.8 Å². The number of nitrogens with zero attached hydrogens (tertiary/aromatic N) is 4. The molecular weight excluding hydrogens is 472 g/mol. The summed E-state index contributed by atoms with van der Waals surface area (Å²) < 4.78 is 7.40. The van der Waals surface area contributed by atoms with E-state index in [0.717, 1.165) is 44.8 Å². The predicted octanol–water partition coefficient (Wildman–Crippen LogP) is 6.70. The number of methoxy groups -OCH3 is 1. The summed E-state index contributed by atoms with van der Waals surface area (Å²) in [7, 11) is 1.66. The first-order valence-corrected chi connectivity index (χ1v) is 13.0. The Labute approximate surface area is 222 Å². The molecule has 1 aliphatic rings. The van der Waals surface area contributed by atoms with Crippen molar-refractivity contribution in [3.8, 4) is 5.75 Å². The summed E-state index contributed by atoms with van der Waals surface area (Å²) >= 11 is 0. The lowest BCUT2D eigenvalue weighted by Crippen LogP contribution is -2.31. The lowest BCUT2D eigenvalue weighted by atomic mass is 9.97. The second-order valence-electron chi connectivity index (χ2n) is 10.0. The van der Waals surface area contributed by atoms with Crippen molar-refractivity contribution in [2.75, 3.05) is 7.11 Å². The van der Waals surface area contributed by atoms with Crippen LogP contribution in [0, 0.1) is 0 Å². The SMILES string of the molecule is COc1ccc([C@@H]2CC(c3ccc4ccccc4c3)=NN2C(=O)Cn2c(C(C)C)nc3ccccc32)cc1.